The number of nitrogens with zero attached hydrogens (tertiary/aromatic N) is 2. The van der Waals surface area contributed by atoms with E-state index in [1.165, 1.54) is 6.42 Å². The predicted molar refractivity (Wildman–Crippen MR) is 76.0 cm³/mol. The number of aromatic nitrogens is 2. The van der Waals surface area contributed by atoms with Gasteiger partial charge in [-0.15, -0.1) is 0 Å². The summed E-state index contributed by atoms with van der Waals surface area (Å²) in [5, 5.41) is 6.78. The number of rotatable bonds is 1. The Morgan fingerprint density at radius 1 is 1.37 bits per heavy atom. The molecular weight excluding hydrogens is 238 g/mol. The maximum atomic E-state index is 12.5. The summed E-state index contributed by atoms with van der Waals surface area (Å²) >= 11 is 0. The highest BCUT2D eigenvalue weighted by molar-refractivity contribution is 5.95. The van der Waals surface area contributed by atoms with E-state index in [1.54, 1.807) is 6.20 Å². The second kappa shape index (κ2) is 5.35. The van der Waals surface area contributed by atoms with Gasteiger partial charge >= 0.3 is 0 Å². The molecule has 1 amide bonds. The van der Waals surface area contributed by atoms with Gasteiger partial charge in [0.15, 0.2) is 0 Å². The van der Waals surface area contributed by atoms with Gasteiger partial charge in [0.1, 0.15) is 0 Å². The average molecular weight is 263 g/mol. The van der Waals surface area contributed by atoms with Crippen LogP contribution in [0.4, 0.5) is 0 Å². The largest absolute Gasteiger partial charge is 0.339 e. The van der Waals surface area contributed by atoms with Crippen LogP contribution in [-0.2, 0) is 0 Å². The average Bonchev–Trinajstić information content (AvgIpc) is 2.62. The van der Waals surface area contributed by atoms with Crippen molar-refractivity contribution in [3.05, 3.63) is 17.5 Å². The summed E-state index contributed by atoms with van der Waals surface area (Å²) in [5.74, 6) is 0.830. The quantitative estimate of drug-likeness (QED) is 0.846. The van der Waals surface area contributed by atoms with Crippen LogP contribution in [0.3, 0.4) is 0 Å². The lowest BCUT2D eigenvalue weighted by atomic mass is 9.77. The maximum absolute atomic E-state index is 12.5. The Hall–Kier alpha value is -1.32. The summed E-state index contributed by atoms with van der Waals surface area (Å²) in [6, 6.07) is 0. The number of likely N-dealkylation sites (tertiary alicyclic amines) is 1. The highest BCUT2D eigenvalue weighted by atomic mass is 16.2. The first-order chi connectivity index (χ1) is 8.89. The van der Waals surface area contributed by atoms with Crippen molar-refractivity contribution in [2.75, 3.05) is 13.1 Å². The number of aromatic amines is 1. The molecule has 0 radical (unpaired) electrons. The lowest BCUT2D eigenvalue weighted by Crippen LogP contribution is -2.32. The molecule has 0 saturated carbocycles. The summed E-state index contributed by atoms with van der Waals surface area (Å²) in [6.07, 6.45) is 5.07. The van der Waals surface area contributed by atoms with E-state index in [1.807, 2.05) is 11.8 Å². The normalized spacial score (nSPS) is 21.3. The lowest BCUT2D eigenvalue weighted by molar-refractivity contribution is 0.0755. The van der Waals surface area contributed by atoms with E-state index in [0.717, 1.165) is 31.6 Å². The fraction of sp³-hybridized carbons (Fsp3) is 0.733. The molecule has 106 valence electrons. The van der Waals surface area contributed by atoms with E-state index < -0.39 is 0 Å². The van der Waals surface area contributed by atoms with E-state index in [0.29, 0.717) is 16.9 Å². The van der Waals surface area contributed by atoms with Crippen molar-refractivity contribution in [2.45, 2.75) is 47.0 Å². The smallest absolute Gasteiger partial charge is 0.257 e. The van der Waals surface area contributed by atoms with Gasteiger partial charge in [0.25, 0.3) is 5.91 Å². The first-order valence-corrected chi connectivity index (χ1v) is 7.19. The minimum atomic E-state index is 0.126. The Kier molecular flexibility index (Phi) is 3.97. The number of hydrogen-bond acceptors (Lipinski definition) is 2. The fourth-order valence-corrected chi connectivity index (χ4v) is 2.90. The van der Waals surface area contributed by atoms with Gasteiger partial charge in [-0.1, -0.05) is 20.8 Å². The molecule has 2 rings (SSSR count). The number of carbonyl (C=O) groups is 1. The molecule has 2 heterocycles. The number of hydrogen-bond donors (Lipinski definition) is 1. The number of H-pyrrole nitrogens is 1. The Balaban J connectivity index is 2.04. The van der Waals surface area contributed by atoms with Gasteiger partial charge in [-0.05, 0) is 37.5 Å². The van der Waals surface area contributed by atoms with Gasteiger partial charge < -0.3 is 4.90 Å². The summed E-state index contributed by atoms with van der Waals surface area (Å²) in [4.78, 5) is 14.4. The molecule has 1 N–H and O–H groups in total. The van der Waals surface area contributed by atoms with Crippen LogP contribution in [0.5, 0.6) is 0 Å². The molecule has 1 aliphatic rings. The van der Waals surface area contributed by atoms with Crippen molar-refractivity contribution in [1.29, 1.82) is 0 Å². The minimum absolute atomic E-state index is 0.126. The van der Waals surface area contributed by atoms with Crippen LogP contribution >= 0.6 is 0 Å². The lowest BCUT2D eigenvalue weighted by Gasteiger charge is -2.29. The zero-order chi connectivity index (χ0) is 14.0. The van der Waals surface area contributed by atoms with Gasteiger partial charge in [0, 0.05) is 18.8 Å². The molecule has 1 aromatic heterocycles. The number of aryl methyl sites for hydroxylation is 1. The zero-order valence-electron chi connectivity index (χ0n) is 12.5. The van der Waals surface area contributed by atoms with Gasteiger partial charge in [-0.25, -0.2) is 0 Å². The fourth-order valence-electron chi connectivity index (χ4n) is 2.90. The molecule has 1 saturated heterocycles. The molecule has 1 aliphatic heterocycles. The summed E-state index contributed by atoms with van der Waals surface area (Å²) in [6.45, 7) is 10.5. The second-order valence-corrected chi connectivity index (χ2v) is 6.69. The highest BCUT2D eigenvalue weighted by Crippen LogP contribution is 2.34. The molecule has 0 bridgehead atoms. The Labute approximate surface area is 115 Å². The van der Waals surface area contributed by atoms with E-state index in [4.69, 9.17) is 0 Å². The Morgan fingerprint density at radius 2 is 2.11 bits per heavy atom. The predicted octanol–water partition coefficient (Wildman–Crippen LogP) is 3.01. The Bertz CT molecular complexity index is 444. The highest BCUT2D eigenvalue weighted by Gasteiger charge is 2.29. The van der Waals surface area contributed by atoms with Crippen molar-refractivity contribution >= 4 is 5.91 Å². The van der Waals surface area contributed by atoms with Gasteiger partial charge in [0.2, 0.25) is 0 Å². The summed E-state index contributed by atoms with van der Waals surface area (Å²) in [7, 11) is 0. The monoisotopic (exact) mass is 263 g/mol. The molecular formula is C15H25N3O. The molecule has 1 atom stereocenters. The van der Waals surface area contributed by atoms with Crippen LogP contribution in [0.2, 0.25) is 0 Å². The maximum Gasteiger partial charge on any atom is 0.257 e. The third kappa shape index (κ3) is 3.17. The molecule has 1 unspecified atom stereocenters. The van der Waals surface area contributed by atoms with E-state index in [9.17, 15) is 4.79 Å². The van der Waals surface area contributed by atoms with Gasteiger partial charge in [-0.3, -0.25) is 9.89 Å². The molecule has 19 heavy (non-hydrogen) atoms. The van der Waals surface area contributed by atoms with Crippen molar-refractivity contribution in [3.8, 4) is 0 Å². The number of amides is 1. The number of carbonyl (C=O) groups excluding carboxylic acids is 1. The Morgan fingerprint density at radius 3 is 2.68 bits per heavy atom. The van der Waals surface area contributed by atoms with Crippen molar-refractivity contribution in [3.63, 3.8) is 0 Å². The topological polar surface area (TPSA) is 49.0 Å². The van der Waals surface area contributed by atoms with Crippen LogP contribution in [-0.4, -0.2) is 34.1 Å². The molecule has 1 aromatic rings. The molecule has 0 aromatic carbocycles. The van der Waals surface area contributed by atoms with Crippen LogP contribution in [0.1, 0.15) is 56.1 Å². The summed E-state index contributed by atoms with van der Waals surface area (Å²) in [5.41, 5.74) is 1.92. The molecule has 4 heteroatoms. The molecule has 4 nitrogen and oxygen atoms in total. The minimum Gasteiger partial charge on any atom is -0.339 e. The first-order valence-electron chi connectivity index (χ1n) is 7.19. The van der Waals surface area contributed by atoms with Crippen LogP contribution in [0, 0.1) is 18.3 Å². The molecule has 0 aliphatic carbocycles. The number of nitrogens with one attached hydrogen (secondary N) is 1. The van der Waals surface area contributed by atoms with Crippen molar-refractivity contribution in [2.24, 2.45) is 11.3 Å². The standard InChI is InChI=1S/C15H25N3O/c1-11-13(10-16-17-11)14(19)18-8-5-6-12(7-9-18)15(2,3)4/h10,12H,5-9H2,1-4H3,(H,16,17). The van der Waals surface area contributed by atoms with Crippen LogP contribution < -0.4 is 0 Å². The van der Waals surface area contributed by atoms with Gasteiger partial charge in [0.05, 0.1) is 11.8 Å². The van der Waals surface area contributed by atoms with Crippen LogP contribution in [0.15, 0.2) is 6.20 Å². The third-order valence-electron chi connectivity index (χ3n) is 4.30. The second-order valence-electron chi connectivity index (χ2n) is 6.69. The first kappa shape index (κ1) is 14.1. The SMILES string of the molecule is Cc1[nH]ncc1C(=O)N1CCCC(C(C)(C)C)CC1. The van der Waals surface area contributed by atoms with Crippen LogP contribution in [0.25, 0.3) is 0 Å². The third-order valence-corrected chi connectivity index (χ3v) is 4.30. The van der Waals surface area contributed by atoms with E-state index in [2.05, 4.69) is 31.0 Å². The van der Waals surface area contributed by atoms with Crippen molar-refractivity contribution in [1.82, 2.24) is 15.1 Å². The zero-order valence-corrected chi connectivity index (χ0v) is 12.5. The molecule has 0 spiro atoms. The summed E-state index contributed by atoms with van der Waals surface area (Å²) < 4.78 is 0. The van der Waals surface area contributed by atoms with E-state index in [-0.39, 0.29) is 5.91 Å². The van der Waals surface area contributed by atoms with E-state index >= 15 is 0 Å². The molecule has 1 fully saturated rings. The van der Waals surface area contributed by atoms with Crippen molar-refractivity contribution < 1.29 is 4.79 Å². The van der Waals surface area contributed by atoms with Gasteiger partial charge in [-0.2, -0.15) is 5.10 Å².